The van der Waals surface area contributed by atoms with E-state index >= 15 is 0 Å². The molecule has 24 heavy (non-hydrogen) atoms. The van der Waals surface area contributed by atoms with Crippen molar-refractivity contribution in [3.63, 3.8) is 0 Å². The Bertz CT molecular complexity index is 1000. The lowest BCUT2D eigenvalue weighted by atomic mass is 10.3. The SMILES string of the molecule is Cc1cc2c(=O)n(NC(=O)C(C)n3ncc(Br)c3C)c(C)nc2s1. The second-order valence-corrected chi connectivity index (χ2v) is 7.64. The molecular formula is C15H16BrN5O2S. The molecule has 3 aromatic heterocycles. The molecule has 0 aromatic carbocycles. The number of rotatable bonds is 3. The Morgan fingerprint density at radius 2 is 2.08 bits per heavy atom. The Kier molecular flexibility index (Phi) is 4.31. The van der Waals surface area contributed by atoms with Gasteiger partial charge in [-0.05, 0) is 49.7 Å². The summed E-state index contributed by atoms with van der Waals surface area (Å²) in [5.74, 6) is 0.0975. The van der Waals surface area contributed by atoms with Gasteiger partial charge >= 0.3 is 0 Å². The van der Waals surface area contributed by atoms with Crippen LogP contribution in [-0.4, -0.2) is 25.3 Å². The predicted octanol–water partition coefficient (Wildman–Crippen LogP) is 2.67. The first-order valence-corrected chi connectivity index (χ1v) is 8.91. The molecule has 0 saturated carbocycles. The predicted molar refractivity (Wildman–Crippen MR) is 97.1 cm³/mol. The number of hydrogen-bond donors (Lipinski definition) is 1. The van der Waals surface area contributed by atoms with Crippen molar-refractivity contribution in [1.82, 2.24) is 19.4 Å². The number of nitrogens with one attached hydrogen (secondary N) is 1. The summed E-state index contributed by atoms with van der Waals surface area (Å²) in [6.07, 6.45) is 1.64. The molecule has 0 aliphatic heterocycles. The van der Waals surface area contributed by atoms with Gasteiger partial charge in [-0.3, -0.25) is 19.7 Å². The zero-order chi connectivity index (χ0) is 17.6. The van der Waals surface area contributed by atoms with Crippen molar-refractivity contribution in [2.45, 2.75) is 33.7 Å². The van der Waals surface area contributed by atoms with Crippen LogP contribution in [0.4, 0.5) is 0 Å². The highest BCUT2D eigenvalue weighted by molar-refractivity contribution is 9.10. The highest BCUT2D eigenvalue weighted by Crippen LogP contribution is 2.21. The van der Waals surface area contributed by atoms with Crippen LogP contribution in [0, 0.1) is 20.8 Å². The minimum Gasteiger partial charge on any atom is -0.271 e. The van der Waals surface area contributed by atoms with Crippen molar-refractivity contribution in [2.75, 3.05) is 5.43 Å². The molecule has 3 aromatic rings. The fourth-order valence-corrected chi connectivity index (χ4v) is 3.63. The molecule has 9 heteroatoms. The second-order valence-electron chi connectivity index (χ2n) is 5.55. The molecule has 0 spiro atoms. The van der Waals surface area contributed by atoms with Gasteiger partial charge in [-0.15, -0.1) is 11.3 Å². The molecule has 7 nitrogen and oxygen atoms in total. The van der Waals surface area contributed by atoms with Crippen molar-refractivity contribution in [2.24, 2.45) is 0 Å². The molecule has 126 valence electrons. The highest BCUT2D eigenvalue weighted by Gasteiger charge is 2.20. The first-order chi connectivity index (χ1) is 11.3. The number of aryl methyl sites for hydroxylation is 2. The molecule has 0 aliphatic rings. The second kappa shape index (κ2) is 6.14. The van der Waals surface area contributed by atoms with Gasteiger partial charge in [-0.1, -0.05) is 0 Å². The molecule has 0 fully saturated rings. The zero-order valence-electron chi connectivity index (χ0n) is 13.6. The minimum absolute atomic E-state index is 0.277. The van der Waals surface area contributed by atoms with Crippen LogP contribution in [0.2, 0.25) is 0 Å². The molecule has 1 amide bonds. The van der Waals surface area contributed by atoms with E-state index in [1.54, 1.807) is 30.8 Å². The van der Waals surface area contributed by atoms with Crippen molar-refractivity contribution in [1.29, 1.82) is 0 Å². The third-order valence-corrected chi connectivity index (χ3v) is 5.53. The van der Waals surface area contributed by atoms with E-state index in [0.717, 1.165) is 15.0 Å². The molecule has 1 unspecified atom stereocenters. The molecule has 3 heterocycles. The molecule has 0 bridgehead atoms. The summed E-state index contributed by atoms with van der Waals surface area (Å²) in [5.41, 5.74) is 3.21. The average molecular weight is 410 g/mol. The lowest BCUT2D eigenvalue weighted by Gasteiger charge is -2.16. The maximum Gasteiger partial charge on any atom is 0.281 e. The van der Waals surface area contributed by atoms with Gasteiger partial charge in [0.1, 0.15) is 16.7 Å². The topological polar surface area (TPSA) is 81.8 Å². The van der Waals surface area contributed by atoms with Crippen LogP contribution in [0.15, 0.2) is 21.5 Å². The van der Waals surface area contributed by atoms with Crippen LogP contribution >= 0.6 is 27.3 Å². The van der Waals surface area contributed by atoms with Gasteiger partial charge in [0.15, 0.2) is 0 Å². The van der Waals surface area contributed by atoms with Crippen LogP contribution in [0.1, 0.15) is 29.4 Å². The summed E-state index contributed by atoms with van der Waals surface area (Å²) in [6, 6.07) is 1.22. The van der Waals surface area contributed by atoms with E-state index in [0.29, 0.717) is 16.0 Å². The fraction of sp³-hybridized carbons (Fsp3) is 0.333. The monoisotopic (exact) mass is 409 g/mol. The van der Waals surface area contributed by atoms with Crippen LogP contribution in [0.25, 0.3) is 10.2 Å². The van der Waals surface area contributed by atoms with E-state index < -0.39 is 6.04 Å². The lowest BCUT2D eigenvalue weighted by molar-refractivity contribution is -0.120. The normalized spacial score (nSPS) is 12.5. The number of thiophene rings is 1. The van der Waals surface area contributed by atoms with Crippen molar-refractivity contribution >= 4 is 43.4 Å². The third-order valence-electron chi connectivity index (χ3n) is 3.81. The first kappa shape index (κ1) is 16.8. The third kappa shape index (κ3) is 2.78. The summed E-state index contributed by atoms with van der Waals surface area (Å²) in [6.45, 7) is 7.20. The number of hydrogen-bond acceptors (Lipinski definition) is 5. The van der Waals surface area contributed by atoms with Crippen LogP contribution in [0.5, 0.6) is 0 Å². The number of amides is 1. The van der Waals surface area contributed by atoms with Gasteiger partial charge in [0.25, 0.3) is 11.5 Å². The molecule has 1 atom stereocenters. The molecular weight excluding hydrogens is 394 g/mol. The number of nitrogens with zero attached hydrogens (tertiary/aromatic N) is 4. The molecule has 0 saturated heterocycles. The maximum absolute atomic E-state index is 12.6. The van der Waals surface area contributed by atoms with Gasteiger partial charge in [0, 0.05) is 4.88 Å². The van der Waals surface area contributed by atoms with E-state index in [4.69, 9.17) is 0 Å². The number of carbonyl (C=O) groups is 1. The number of aromatic nitrogens is 4. The summed E-state index contributed by atoms with van der Waals surface area (Å²) in [4.78, 5) is 31.2. The molecule has 0 radical (unpaired) electrons. The van der Waals surface area contributed by atoms with E-state index in [-0.39, 0.29) is 11.5 Å². The highest BCUT2D eigenvalue weighted by atomic mass is 79.9. The molecule has 1 N–H and O–H groups in total. The average Bonchev–Trinajstić information content (AvgIpc) is 3.06. The van der Waals surface area contributed by atoms with Gasteiger partial charge in [-0.25, -0.2) is 9.66 Å². The minimum atomic E-state index is -0.567. The van der Waals surface area contributed by atoms with Gasteiger partial charge in [0.2, 0.25) is 0 Å². The Morgan fingerprint density at radius 3 is 2.71 bits per heavy atom. The summed E-state index contributed by atoms with van der Waals surface area (Å²) < 4.78 is 3.62. The number of halogens is 1. The van der Waals surface area contributed by atoms with E-state index in [1.807, 2.05) is 13.8 Å². The lowest BCUT2D eigenvalue weighted by Crippen LogP contribution is -2.38. The quantitative estimate of drug-likeness (QED) is 0.720. The number of carbonyl (C=O) groups excluding carboxylic acids is 1. The first-order valence-electron chi connectivity index (χ1n) is 7.30. The summed E-state index contributed by atoms with van der Waals surface area (Å²) >= 11 is 4.83. The largest absolute Gasteiger partial charge is 0.281 e. The van der Waals surface area contributed by atoms with E-state index in [9.17, 15) is 9.59 Å². The van der Waals surface area contributed by atoms with Crippen LogP contribution in [0.3, 0.4) is 0 Å². The Morgan fingerprint density at radius 1 is 1.38 bits per heavy atom. The van der Waals surface area contributed by atoms with E-state index in [1.165, 1.54) is 16.0 Å². The maximum atomic E-state index is 12.6. The van der Waals surface area contributed by atoms with Gasteiger partial charge in [0.05, 0.1) is 21.7 Å². The van der Waals surface area contributed by atoms with Crippen molar-refractivity contribution in [3.05, 3.63) is 43.5 Å². The van der Waals surface area contributed by atoms with Crippen molar-refractivity contribution < 1.29 is 4.79 Å². The summed E-state index contributed by atoms with van der Waals surface area (Å²) in [7, 11) is 0. The fourth-order valence-electron chi connectivity index (χ4n) is 2.44. The van der Waals surface area contributed by atoms with Gasteiger partial charge in [-0.2, -0.15) is 5.10 Å². The Labute approximate surface area is 150 Å². The van der Waals surface area contributed by atoms with Crippen LogP contribution < -0.4 is 11.0 Å². The van der Waals surface area contributed by atoms with Gasteiger partial charge < -0.3 is 0 Å². The molecule has 0 aliphatic carbocycles. The van der Waals surface area contributed by atoms with E-state index in [2.05, 4.69) is 31.4 Å². The standard InChI is InChI=1S/C15H16BrN5O2S/c1-7-5-11-14(24-7)18-10(4)21(15(11)23)19-13(22)9(3)20-8(2)12(16)6-17-20/h5-6,9H,1-4H3,(H,19,22). The molecule has 3 rings (SSSR count). The zero-order valence-corrected chi connectivity index (χ0v) is 16.0. The smallest absolute Gasteiger partial charge is 0.271 e. The Balaban J connectivity index is 1.96. The summed E-state index contributed by atoms with van der Waals surface area (Å²) in [5, 5.41) is 4.69. The van der Waals surface area contributed by atoms with Crippen LogP contribution in [-0.2, 0) is 4.79 Å². The Hall–Kier alpha value is -2.00. The van der Waals surface area contributed by atoms with Crippen molar-refractivity contribution in [3.8, 4) is 0 Å². The number of fused-ring (bicyclic) bond motifs is 1.